The van der Waals surface area contributed by atoms with Gasteiger partial charge in [-0.15, -0.1) is 0 Å². The molecule has 0 aromatic heterocycles. The molecule has 2 nitrogen and oxygen atoms in total. The molecule has 2 rings (SSSR count). The lowest BCUT2D eigenvalue weighted by Crippen LogP contribution is -2.13. The fourth-order valence-electron chi connectivity index (χ4n) is 2.31. The molecule has 110 valence electrons. The second kappa shape index (κ2) is 7.07. The van der Waals surface area contributed by atoms with Crippen molar-refractivity contribution in [2.45, 2.75) is 40.0 Å². The summed E-state index contributed by atoms with van der Waals surface area (Å²) in [5.74, 6) is -0.0440. The smallest absolute Gasteiger partial charge is 0.255 e. The summed E-state index contributed by atoms with van der Waals surface area (Å²) >= 11 is 0. The van der Waals surface area contributed by atoms with Gasteiger partial charge in [0.2, 0.25) is 0 Å². The highest BCUT2D eigenvalue weighted by molar-refractivity contribution is 6.05. The van der Waals surface area contributed by atoms with Crippen LogP contribution in [0.15, 0.2) is 42.5 Å². The third kappa shape index (κ3) is 4.19. The second-order valence-electron chi connectivity index (χ2n) is 5.57. The van der Waals surface area contributed by atoms with Crippen molar-refractivity contribution in [3.8, 4) is 0 Å². The zero-order valence-electron chi connectivity index (χ0n) is 13.1. The van der Waals surface area contributed by atoms with Crippen LogP contribution in [0.5, 0.6) is 0 Å². The van der Waals surface area contributed by atoms with Gasteiger partial charge < -0.3 is 5.32 Å². The van der Waals surface area contributed by atoms with Crippen LogP contribution in [0.4, 0.5) is 5.69 Å². The lowest BCUT2D eigenvalue weighted by atomic mass is 10.0. The van der Waals surface area contributed by atoms with E-state index in [4.69, 9.17) is 0 Å². The van der Waals surface area contributed by atoms with Crippen molar-refractivity contribution in [2.75, 3.05) is 5.32 Å². The van der Waals surface area contributed by atoms with Gasteiger partial charge in [-0.2, -0.15) is 0 Å². The average Bonchev–Trinajstić information content (AvgIpc) is 2.49. The molecule has 0 saturated heterocycles. The summed E-state index contributed by atoms with van der Waals surface area (Å²) in [6, 6.07) is 14.1. The fourth-order valence-corrected chi connectivity index (χ4v) is 2.31. The Morgan fingerprint density at radius 2 is 1.76 bits per heavy atom. The highest BCUT2D eigenvalue weighted by Gasteiger charge is 2.09. The molecule has 0 fully saturated rings. The predicted molar refractivity (Wildman–Crippen MR) is 88.9 cm³/mol. The van der Waals surface area contributed by atoms with E-state index in [-0.39, 0.29) is 5.91 Å². The van der Waals surface area contributed by atoms with Gasteiger partial charge in [-0.3, -0.25) is 4.79 Å². The topological polar surface area (TPSA) is 29.1 Å². The van der Waals surface area contributed by atoms with Gasteiger partial charge in [0.05, 0.1) is 0 Å². The zero-order chi connectivity index (χ0) is 15.2. The van der Waals surface area contributed by atoms with Crippen molar-refractivity contribution in [1.82, 2.24) is 0 Å². The van der Waals surface area contributed by atoms with Crippen LogP contribution in [-0.2, 0) is 6.42 Å². The third-order valence-electron chi connectivity index (χ3n) is 3.67. The maximum absolute atomic E-state index is 12.3. The first kappa shape index (κ1) is 15.3. The monoisotopic (exact) mass is 281 g/mol. The Hall–Kier alpha value is -2.09. The van der Waals surface area contributed by atoms with E-state index in [1.54, 1.807) is 0 Å². The summed E-state index contributed by atoms with van der Waals surface area (Å²) in [6.45, 7) is 6.15. The summed E-state index contributed by atoms with van der Waals surface area (Å²) in [5, 5.41) is 2.97. The van der Waals surface area contributed by atoms with Crippen LogP contribution in [0, 0.1) is 13.8 Å². The molecule has 0 aliphatic heterocycles. The first-order valence-electron chi connectivity index (χ1n) is 7.57. The molecule has 0 spiro atoms. The number of amides is 1. The van der Waals surface area contributed by atoms with Crippen molar-refractivity contribution in [2.24, 2.45) is 0 Å². The van der Waals surface area contributed by atoms with Crippen LogP contribution in [-0.4, -0.2) is 5.91 Å². The van der Waals surface area contributed by atoms with E-state index in [1.807, 2.05) is 44.2 Å². The van der Waals surface area contributed by atoms with Gasteiger partial charge in [-0.25, -0.2) is 0 Å². The molecule has 0 saturated carbocycles. The number of nitrogens with one attached hydrogen (secondary N) is 1. The Bertz CT molecular complexity index is 614. The molecule has 2 aromatic rings. The van der Waals surface area contributed by atoms with Crippen molar-refractivity contribution >= 4 is 11.6 Å². The summed E-state index contributed by atoms with van der Waals surface area (Å²) < 4.78 is 0. The molecule has 1 N–H and O–H groups in total. The number of aryl methyl sites for hydroxylation is 3. The Balaban J connectivity index is 2.07. The second-order valence-corrected chi connectivity index (χ2v) is 5.57. The van der Waals surface area contributed by atoms with E-state index in [9.17, 15) is 4.79 Å². The fraction of sp³-hybridized carbons (Fsp3) is 0.316. The summed E-state index contributed by atoms with van der Waals surface area (Å²) in [7, 11) is 0. The van der Waals surface area contributed by atoms with Crippen LogP contribution in [0.3, 0.4) is 0 Å². The first-order chi connectivity index (χ1) is 10.1. The molecule has 0 heterocycles. The molecule has 0 aliphatic rings. The van der Waals surface area contributed by atoms with E-state index >= 15 is 0 Å². The number of carbonyl (C=O) groups excluding carboxylic acids is 1. The number of anilines is 1. The van der Waals surface area contributed by atoms with Crippen molar-refractivity contribution in [3.05, 3.63) is 64.7 Å². The maximum atomic E-state index is 12.3. The van der Waals surface area contributed by atoms with Gasteiger partial charge in [-0.1, -0.05) is 43.2 Å². The highest BCUT2D eigenvalue weighted by Crippen LogP contribution is 2.15. The van der Waals surface area contributed by atoms with Gasteiger partial charge in [0.15, 0.2) is 0 Å². The van der Waals surface area contributed by atoms with E-state index in [1.165, 1.54) is 18.4 Å². The molecular weight excluding hydrogens is 258 g/mol. The van der Waals surface area contributed by atoms with Crippen LogP contribution < -0.4 is 5.32 Å². The number of hydrogen-bond donors (Lipinski definition) is 1. The van der Waals surface area contributed by atoms with Gasteiger partial charge in [0, 0.05) is 11.3 Å². The van der Waals surface area contributed by atoms with E-state index in [0.717, 1.165) is 28.8 Å². The largest absolute Gasteiger partial charge is 0.322 e. The normalized spacial score (nSPS) is 10.4. The molecule has 21 heavy (non-hydrogen) atoms. The minimum atomic E-state index is -0.0440. The molecule has 0 bridgehead atoms. The van der Waals surface area contributed by atoms with Crippen molar-refractivity contribution < 1.29 is 4.79 Å². The molecule has 1 amide bonds. The summed E-state index contributed by atoms with van der Waals surface area (Å²) in [4.78, 5) is 12.3. The Morgan fingerprint density at radius 3 is 2.43 bits per heavy atom. The third-order valence-corrected chi connectivity index (χ3v) is 3.67. The van der Waals surface area contributed by atoms with Gasteiger partial charge >= 0.3 is 0 Å². The quantitative estimate of drug-likeness (QED) is 0.830. The lowest BCUT2D eigenvalue weighted by Gasteiger charge is -2.09. The number of rotatable bonds is 5. The summed E-state index contributed by atoms with van der Waals surface area (Å²) in [6.07, 6.45) is 3.50. The summed E-state index contributed by atoms with van der Waals surface area (Å²) in [5.41, 5.74) is 5.01. The molecule has 2 heteroatoms. The molecule has 2 aromatic carbocycles. The predicted octanol–water partition coefficient (Wildman–Crippen LogP) is 4.90. The number of carbonyl (C=O) groups is 1. The van der Waals surface area contributed by atoms with Crippen molar-refractivity contribution in [1.29, 1.82) is 0 Å². The Labute approximate surface area is 127 Å². The van der Waals surface area contributed by atoms with Crippen molar-refractivity contribution in [3.63, 3.8) is 0 Å². The maximum Gasteiger partial charge on any atom is 0.255 e. The van der Waals surface area contributed by atoms with Gasteiger partial charge in [-0.05, 0) is 56.0 Å². The molecule has 0 radical (unpaired) electrons. The average molecular weight is 281 g/mol. The minimum Gasteiger partial charge on any atom is -0.322 e. The first-order valence-corrected chi connectivity index (χ1v) is 7.57. The SMILES string of the molecule is CCCCc1ccc(NC(=O)c2cc(C)ccc2C)cc1. The van der Waals surface area contributed by atoms with Crippen LogP contribution in [0.25, 0.3) is 0 Å². The standard InChI is InChI=1S/C19H23NO/c1-4-5-6-16-9-11-17(12-10-16)20-19(21)18-13-14(2)7-8-15(18)3/h7-13H,4-6H2,1-3H3,(H,20,21). The molecule has 0 unspecified atom stereocenters. The molecule has 0 aliphatic carbocycles. The Morgan fingerprint density at radius 1 is 1.05 bits per heavy atom. The molecule has 0 atom stereocenters. The van der Waals surface area contributed by atoms with E-state index in [0.29, 0.717) is 0 Å². The van der Waals surface area contributed by atoms with Crippen LogP contribution in [0.1, 0.15) is 46.8 Å². The van der Waals surface area contributed by atoms with Gasteiger partial charge in [0.25, 0.3) is 5.91 Å². The minimum absolute atomic E-state index is 0.0440. The van der Waals surface area contributed by atoms with Crippen LogP contribution in [0.2, 0.25) is 0 Å². The highest BCUT2D eigenvalue weighted by atomic mass is 16.1. The lowest BCUT2D eigenvalue weighted by molar-refractivity contribution is 0.102. The van der Waals surface area contributed by atoms with Crippen LogP contribution >= 0.6 is 0 Å². The number of hydrogen-bond acceptors (Lipinski definition) is 1. The van der Waals surface area contributed by atoms with E-state index in [2.05, 4.69) is 24.4 Å². The Kier molecular flexibility index (Phi) is 5.15. The van der Waals surface area contributed by atoms with E-state index < -0.39 is 0 Å². The zero-order valence-corrected chi connectivity index (χ0v) is 13.1. The van der Waals surface area contributed by atoms with Gasteiger partial charge in [0.1, 0.15) is 0 Å². The number of benzene rings is 2. The molecular formula is C19H23NO. The number of unbranched alkanes of at least 4 members (excludes halogenated alkanes) is 1.